The quantitative estimate of drug-likeness (QED) is 0.872. The van der Waals surface area contributed by atoms with Gasteiger partial charge in [-0.15, -0.1) is 0 Å². The summed E-state index contributed by atoms with van der Waals surface area (Å²) in [7, 11) is 3.98. The van der Waals surface area contributed by atoms with E-state index in [1.54, 1.807) is 0 Å². The van der Waals surface area contributed by atoms with Crippen molar-refractivity contribution in [2.75, 3.05) is 30.9 Å². The summed E-state index contributed by atoms with van der Waals surface area (Å²) in [5.74, 6) is -0.121. The fourth-order valence-corrected chi connectivity index (χ4v) is 1.49. The lowest BCUT2D eigenvalue weighted by Crippen LogP contribution is -2.21. The molecule has 1 amide bonds. The molecule has 0 fully saturated rings. The van der Waals surface area contributed by atoms with Gasteiger partial charge in [-0.2, -0.15) is 0 Å². The zero-order valence-electron chi connectivity index (χ0n) is 11.8. The number of hydrogen-bond acceptors (Lipinski definition) is 3. The van der Waals surface area contributed by atoms with E-state index < -0.39 is 0 Å². The smallest absolute Gasteiger partial charge is 0.250 e. The Morgan fingerprint density at radius 2 is 2.06 bits per heavy atom. The lowest BCUT2D eigenvalue weighted by atomic mass is 10.1. The number of carbonyl (C=O) groups excluding carboxylic acids is 1. The van der Waals surface area contributed by atoms with Gasteiger partial charge in [-0.3, -0.25) is 4.79 Å². The predicted molar refractivity (Wildman–Crippen MR) is 75.2 cm³/mol. The first-order chi connectivity index (χ1) is 8.40. The van der Waals surface area contributed by atoms with Crippen molar-refractivity contribution in [3.05, 3.63) is 23.8 Å². The first-order valence-electron chi connectivity index (χ1n) is 6.09. The molecule has 4 nitrogen and oxygen atoms in total. The van der Waals surface area contributed by atoms with Gasteiger partial charge in [-0.05, 0) is 44.5 Å². The van der Waals surface area contributed by atoms with E-state index in [1.807, 2.05) is 58.0 Å². The van der Waals surface area contributed by atoms with E-state index in [1.165, 1.54) is 0 Å². The number of carbonyl (C=O) groups is 1. The van der Waals surface area contributed by atoms with Crippen LogP contribution in [0.25, 0.3) is 0 Å². The third-order valence-electron chi connectivity index (χ3n) is 2.55. The van der Waals surface area contributed by atoms with Crippen molar-refractivity contribution in [2.24, 2.45) is 0 Å². The van der Waals surface area contributed by atoms with Gasteiger partial charge in [0.15, 0.2) is 0 Å². The van der Waals surface area contributed by atoms with Crippen LogP contribution in [-0.2, 0) is 9.53 Å². The molecule has 0 radical (unpaired) electrons. The third-order valence-corrected chi connectivity index (χ3v) is 2.55. The molecule has 0 atom stereocenters. The van der Waals surface area contributed by atoms with Crippen molar-refractivity contribution >= 4 is 17.3 Å². The Bertz CT molecular complexity index is 414. The second-order valence-electron chi connectivity index (χ2n) is 4.80. The van der Waals surface area contributed by atoms with Gasteiger partial charge >= 0.3 is 0 Å². The molecule has 0 saturated carbocycles. The summed E-state index contributed by atoms with van der Waals surface area (Å²) < 4.78 is 5.26. The molecule has 0 saturated heterocycles. The highest BCUT2D eigenvalue weighted by Gasteiger charge is 2.07. The van der Waals surface area contributed by atoms with Crippen molar-refractivity contribution in [3.63, 3.8) is 0 Å². The number of aryl methyl sites for hydroxylation is 1. The monoisotopic (exact) mass is 250 g/mol. The van der Waals surface area contributed by atoms with Gasteiger partial charge in [-0.1, -0.05) is 0 Å². The Morgan fingerprint density at radius 1 is 1.39 bits per heavy atom. The molecule has 1 rings (SSSR count). The van der Waals surface area contributed by atoms with Crippen LogP contribution in [0.2, 0.25) is 0 Å². The summed E-state index contributed by atoms with van der Waals surface area (Å²) in [5, 5.41) is 2.85. The maximum atomic E-state index is 11.6. The molecule has 0 bridgehead atoms. The summed E-state index contributed by atoms with van der Waals surface area (Å²) in [6.45, 7) is 5.88. The largest absolute Gasteiger partial charge is 0.378 e. The van der Waals surface area contributed by atoms with Gasteiger partial charge in [0.1, 0.15) is 6.61 Å². The van der Waals surface area contributed by atoms with Crippen molar-refractivity contribution in [3.8, 4) is 0 Å². The zero-order valence-corrected chi connectivity index (χ0v) is 11.8. The molecule has 0 aromatic heterocycles. The number of ether oxygens (including phenoxy) is 1. The first-order valence-corrected chi connectivity index (χ1v) is 6.09. The molecule has 18 heavy (non-hydrogen) atoms. The van der Waals surface area contributed by atoms with Gasteiger partial charge in [0, 0.05) is 25.5 Å². The molecule has 1 N–H and O–H groups in total. The highest BCUT2D eigenvalue weighted by molar-refractivity contribution is 5.92. The molecule has 0 unspecified atom stereocenters. The van der Waals surface area contributed by atoms with Crippen molar-refractivity contribution < 1.29 is 9.53 Å². The second-order valence-corrected chi connectivity index (χ2v) is 4.80. The third kappa shape index (κ3) is 4.37. The minimum Gasteiger partial charge on any atom is -0.378 e. The number of nitrogens with zero attached hydrogens (tertiary/aromatic N) is 1. The van der Waals surface area contributed by atoms with Crippen LogP contribution in [0.4, 0.5) is 11.4 Å². The van der Waals surface area contributed by atoms with Gasteiger partial charge in [0.05, 0.1) is 6.10 Å². The SMILES string of the molecule is Cc1cc(N(C)C)ccc1NC(=O)COC(C)C. The van der Waals surface area contributed by atoms with Crippen molar-refractivity contribution in [1.29, 1.82) is 0 Å². The molecule has 0 aliphatic carbocycles. The maximum absolute atomic E-state index is 11.6. The van der Waals surface area contributed by atoms with Crippen LogP contribution < -0.4 is 10.2 Å². The van der Waals surface area contributed by atoms with Gasteiger partial charge < -0.3 is 15.0 Å². The summed E-state index contributed by atoms with van der Waals surface area (Å²) in [6.07, 6.45) is 0.0629. The lowest BCUT2D eigenvalue weighted by molar-refractivity contribution is -0.121. The molecule has 1 aromatic rings. The van der Waals surface area contributed by atoms with E-state index in [9.17, 15) is 4.79 Å². The van der Waals surface area contributed by atoms with E-state index in [2.05, 4.69) is 5.32 Å². The number of anilines is 2. The molecule has 1 aromatic carbocycles. The summed E-state index contributed by atoms with van der Waals surface area (Å²) in [5.41, 5.74) is 2.99. The summed E-state index contributed by atoms with van der Waals surface area (Å²) in [4.78, 5) is 13.7. The highest BCUT2D eigenvalue weighted by atomic mass is 16.5. The van der Waals surface area contributed by atoms with Crippen LogP contribution in [0.3, 0.4) is 0 Å². The number of benzene rings is 1. The maximum Gasteiger partial charge on any atom is 0.250 e. The Balaban J connectivity index is 2.65. The van der Waals surface area contributed by atoms with Crippen LogP contribution in [0.5, 0.6) is 0 Å². The van der Waals surface area contributed by atoms with Crippen LogP contribution >= 0.6 is 0 Å². The molecule has 0 aliphatic rings. The molecular weight excluding hydrogens is 228 g/mol. The van der Waals surface area contributed by atoms with Crippen LogP contribution in [0.1, 0.15) is 19.4 Å². The minimum absolute atomic E-state index is 0.0629. The number of rotatable bonds is 5. The van der Waals surface area contributed by atoms with Gasteiger partial charge in [-0.25, -0.2) is 0 Å². The van der Waals surface area contributed by atoms with E-state index in [0.717, 1.165) is 16.9 Å². The Morgan fingerprint density at radius 3 is 2.56 bits per heavy atom. The standard InChI is InChI=1S/C14H22N2O2/c1-10(2)18-9-14(17)15-13-7-6-12(16(4)5)8-11(13)3/h6-8,10H,9H2,1-5H3,(H,15,17). The van der Waals surface area contributed by atoms with Gasteiger partial charge in [0.25, 0.3) is 0 Å². The molecule has 4 heteroatoms. The van der Waals surface area contributed by atoms with E-state index in [-0.39, 0.29) is 18.6 Å². The normalized spacial score (nSPS) is 10.6. The summed E-state index contributed by atoms with van der Waals surface area (Å²) in [6, 6.07) is 5.93. The second kappa shape index (κ2) is 6.40. The predicted octanol–water partition coefficient (Wildman–Crippen LogP) is 2.42. The van der Waals surface area contributed by atoms with Gasteiger partial charge in [0.2, 0.25) is 5.91 Å². The average molecular weight is 250 g/mol. The van der Waals surface area contributed by atoms with E-state index >= 15 is 0 Å². The Kier molecular flexibility index (Phi) is 5.16. The van der Waals surface area contributed by atoms with E-state index in [4.69, 9.17) is 4.74 Å². The number of nitrogens with one attached hydrogen (secondary N) is 1. The van der Waals surface area contributed by atoms with Crippen molar-refractivity contribution in [2.45, 2.75) is 26.9 Å². The zero-order chi connectivity index (χ0) is 13.7. The Hall–Kier alpha value is -1.55. The number of hydrogen-bond donors (Lipinski definition) is 1. The first kappa shape index (κ1) is 14.5. The topological polar surface area (TPSA) is 41.6 Å². The van der Waals surface area contributed by atoms with E-state index in [0.29, 0.717) is 0 Å². The number of amides is 1. The lowest BCUT2D eigenvalue weighted by Gasteiger charge is -2.15. The molecular formula is C14H22N2O2. The highest BCUT2D eigenvalue weighted by Crippen LogP contribution is 2.21. The minimum atomic E-state index is -0.121. The fourth-order valence-electron chi connectivity index (χ4n) is 1.49. The molecule has 100 valence electrons. The fraction of sp³-hybridized carbons (Fsp3) is 0.500. The van der Waals surface area contributed by atoms with Crippen LogP contribution in [0, 0.1) is 6.92 Å². The van der Waals surface area contributed by atoms with Crippen LogP contribution in [-0.4, -0.2) is 32.7 Å². The van der Waals surface area contributed by atoms with Crippen molar-refractivity contribution in [1.82, 2.24) is 0 Å². The molecule has 0 heterocycles. The average Bonchev–Trinajstić information content (AvgIpc) is 2.29. The Labute approximate surface area is 109 Å². The van der Waals surface area contributed by atoms with Crippen LogP contribution in [0.15, 0.2) is 18.2 Å². The summed E-state index contributed by atoms with van der Waals surface area (Å²) >= 11 is 0. The molecule has 0 spiro atoms. The molecule has 0 aliphatic heterocycles.